The van der Waals surface area contributed by atoms with E-state index in [4.69, 9.17) is 16.3 Å². The Hall–Kier alpha value is -2.64. The molecule has 0 aliphatic heterocycles. The summed E-state index contributed by atoms with van der Waals surface area (Å²) in [4.78, 5) is 12.8. The molecule has 0 aliphatic carbocycles. The Balaban J connectivity index is 1.55. The van der Waals surface area contributed by atoms with Gasteiger partial charge in [0.2, 0.25) is 0 Å². The third-order valence-electron chi connectivity index (χ3n) is 3.43. The number of carbonyl (C=O) groups is 1. The molecular weight excluding hydrogens is 396 g/mol. The molecule has 0 atom stereocenters. The van der Waals surface area contributed by atoms with Gasteiger partial charge >= 0.3 is 6.61 Å². The first kappa shape index (κ1) is 19.1. The van der Waals surface area contributed by atoms with Gasteiger partial charge in [-0.1, -0.05) is 11.6 Å². The van der Waals surface area contributed by atoms with E-state index in [1.165, 1.54) is 35.6 Å². The lowest BCUT2D eigenvalue weighted by atomic mass is 10.3. The average molecular weight is 410 g/mol. The van der Waals surface area contributed by atoms with Gasteiger partial charge in [0.05, 0.1) is 4.88 Å². The predicted molar refractivity (Wildman–Crippen MR) is 101 cm³/mol. The molecule has 0 unspecified atom stereocenters. The number of rotatable bonds is 7. The molecule has 8 heteroatoms. The Labute approximate surface area is 163 Å². The highest BCUT2D eigenvalue weighted by Gasteiger charge is 2.11. The van der Waals surface area contributed by atoms with Crippen molar-refractivity contribution in [2.75, 3.05) is 5.32 Å². The first-order chi connectivity index (χ1) is 13.0. The topological polar surface area (TPSA) is 47.6 Å². The van der Waals surface area contributed by atoms with E-state index in [2.05, 4.69) is 10.1 Å². The molecular formula is C19H14ClF2NO3S. The monoisotopic (exact) mass is 409 g/mol. The first-order valence-corrected chi connectivity index (χ1v) is 9.07. The summed E-state index contributed by atoms with van der Waals surface area (Å²) >= 11 is 7.11. The molecule has 1 aromatic heterocycles. The minimum Gasteiger partial charge on any atom is -0.489 e. The van der Waals surface area contributed by atoms with Crippen LogP contribution in [0.15, 0.2) is 60.0 Å². The second kappa shape index (κ2) is 8.83. The second-order valence-electron chi connectivity index (χ2n) is 5.42. The molecule has 0 saturated heterocycles. The maximum absolute atomic E-state index is 12.3. The van der Waals surface area contributed by atoms with Gasteiger partial charge in [-0.15, -0.1) is 11.3 Å². The van der Waals surface area contributed by atoms with Gasteiger partial charge in [0.15, 0.2) is 0 Å². The van der Waals surface area contributed by atoms with Crippen LogP contribution in [0, 0.1) is 0 Å². The van der Waals surface area contributed by atoms with Crippen molar-refractivity contribution in [1.82, 2.24) is 0 Å². The van der Waals surface area contributed by atoms with Crippen molar-refractivity contribution in [1.29, 1.82) is 0 Å². The van der Waals surface area contributed by atoms with E-state index in [0.717, 1.165) is 5.56 Å². The van der Waals surface area contributed by atoms with E-state index in [1.807, 2.05) is 5.38 Å². The average Bonchev–Trinajstić information content (AvgIpc) is 3.12. The Morgan fingerprint density at radius 3 is 2.41 bits per heavy atom. The fourth-order valence-electron chi connectivity index (χ4n) is 2.18. The van der Waals surface area contributed by atoms with Crippen molar-refractivity contribution >= 4 is 34.5 Å². The minimum absolute atomic E-state index is 0.0285. The third-order valence-corrected chi connectivity index (χ3v) is 4.66. The SMILES string of the molecule is O=C(Nc1ccc(OC(F)F)cc1)c1cc(COc2ccc(Cl)cc2)cs1. The zero-order valence-corrected chi connectivity index (χ0v) is 15.4. The molecule has 4 nitrogen and oxygen atoms in total. The van der Waals surface area contributed by atoms with Crippen molar-refractivity contribution in [3.63, 3.8) is 0 Å². The molecule has 0 saturated carbocycles. The summed E-state index contributed by atoms with van der Waals surface area (Å²) in [7, 11) is 0. The van der Waals surface area contributed by atoms with Gasteiger partial charge in [0.25, 0.3) is 5.91 Å². The Morgan fingerprint density at radius 2 is 1.74 bits per heavy atom. The van der Waals surface area contributed by atoms with Crippen LogP contribution in [0.25, 0.3) is 0 Å². The van der Waals surface area contributed by atoms with Crippen LogP contribution in [0.4, 0.5) is 14.5 Å². The number of hydrogen-bond donors (Lipinski definition) is 1. The van der Waals surface area contributed by atoms with E-state index in [-0.39, 0.29) is 11.7 Å². The zero-order valence-electron chi connectivity index (χ0n) is 13.8. The van der Waals surface area contributed by atoms with Crippen LogP contribution in [0.1, 0.15) is 15.2 Å². The van der Waals surface area contributed by atoms with Crippen LogP contribution in [0.3, 0.4) is 0 Å². The molecule has 0 spiro atoms. The Morgan fingerprint density at radius 1 is 1.07 bits per heavy atom. The maximum Gasteiger partial charge on any atom is 0.387 e. The lowest BCUT2D eigenvalue weighted by Crippen LogP contribution is -2.10. The smallest absolute Gasteiger partial charge is 0.387 e. The highest BCUT2D eigenvalue weighted by Crippen LogP contribution is 2.22. The van der Waals surface area contributed by atoms with Crippen molar-refractivity contribution < 1.29 is 23.0 Å². The standard InChI is InChI=1S/C19H14ClF2NO3S/c20-13-1-5-15(6-2-13)25-10-12-9-17(27-11-12)18(24)23-14-3-7-16(8-4-14)26-19(21)22/h1-9,11,19H,10H2,(H,23,24). The number of nitrogens with one attached hydrogen (secondary N) is 1. The molecule has 1 amide bonds. The molecule has 3 rings (SSSR count). The van der Waals surface area contributed by atoms with E-state index < -0.39 is 6.61 Å². The summed E-state index contributed by atoms with van der Waals surface area (Å²) in [6.07, 6.45) is 0. The van der Waals surface area contributed by atoms with Crippen LogP contribution in [0.2, 0.25) is 5.02 Å². The number of thiophene rings is 1. The van der Waals surface area contributed by atoms with Crippen LogP contribution < -0.4 is 14.8 Å². The highest BCUT2D eigenvalue weighted by molar-refractivity contribution is 7.12. The molecule has 2 aromatic carbocycles. The molecule has 1 heterocycles. The highest BCUT2D eigenvalue weighted by atomic mass is 35.5. The molecule has 0 bridgehead atoms. The summed E-state index contributed by atoms with van der Waals surface area (Å²) in [6, 6.07) is 14.5. The largest absolute Gasteiger partial charge is 0.489 e. The summed E-state index contributed by atoms with van der Waals surface area (Å²) in [5, 5.41) is 5.17. The number of alkyl halides is 2. The molecule has 0 fully saturated rings. The quantitative estimate of drug-likeness (QED) is 0.533. The summed E-state index contributed by atoms with van der Waals surface area (Å²) in [5.74, 6) is 0.420. The van der Waals surface area contributed by atoms with Gasteiger partial charge in [-0.2, -0.15) is 8.78 Å². The molecule has 0 radical (unpaired) electrons. The first-order valence-electron chi connectivity index (χ1n) is 7.81. The third kappa shape index (κ3) is 5.67. The number of carbonyl (C=O) groups excluding carboxylic acids is 1. The van der Waals surface area contributed by atoms with E-state index in [9.17, 15) is 13.6 Å². The van der Waals surface area contributed by atoms with Crippen molar-refractivity contribution in [2.45, 2.75) is 13.2 Å². The fraction of sp³-hybridized carbons (Fsp3) is 0.105. The van der Waals surface area contributed by atoms with E-state index >= 15 is 0 Å². The van der Waals surface area contributed by atoms with E-state index in [0.29, 0.717) is 27.9 Å². The van der Waals surface area contributed by atoms with Gasteiger partial charge in [0, 0.05) is 16.3 Å². The van der Waals surface area contributed by atoms with Crippen LogP contribution in [0.5, 0.6) is 11.5 Å². The zero-order chi connectivity index (χ0) is 19.2. The van der Waals surface area contributed by atoms with Crippen molar-refractivity contribution in [2.24, 2.45) is 0 Å². The number of ether oxygens (including phenoxy) is 2. The molecule has 140 valence electrons. The number of halogens is 3. The summed E-state index contributed by atoms with van der Waals surface area (Å²) < 4.78 is 34.2. The van der Waals surface area contributed by atoms with Gasteiger partial charge in [0.1, 0.15) is 18.1 Å². The number of amides is 1. The molecule has 1 N–H and O–H groups in total. The van der Waals surface area contributed by atoms with Gasteiger partial charge < -0.3 is 14.8 Å². The minimum atomic E-state index is -2.88. The van der Waals surface area contributed by atoms with E-state index in [1.54, 1.807) is 30.3 Å². The Kier molecular flexibility index (Phi) is 6.26. The lowest BCUT2D eigenvalue weighted by molar-refractivity contribution is -0.0498. The lowest BCUT2D eigenvalue weighted by Gasteiger charge is -2.06. The fourth-order valence-corrected chi connectivity index (χ4v) is 3.10. The van der Waals surface area contributed by atoms with Crippen molar-refractivity contribution in [3.05, 3.63) is 75.4 Å². The van der Waals surface area contributed by atoms with Crippen LogP contribution in [-0.4, -0.2) is 12.5 Å². The van der Waals surface area contributed by atoms with Crippen molar-refractivity contribution in [3.8, 4) is 11.5 Å². The summed E-state index contributed by atoms with van der Waals surface area (Å²) in [5.41, 5.74) is 1.34. The van der Waals surface area contributed by atoms with Gasteiger partial charge in [-0.25, -0.2) is 0 Å². The van der Waals surface area contributed by atoms with Gasteiger partial charge in [-0.05, 0) is 60.0 Å². The second-order valence-corrected chi connectivity index (χ2v) is 6.77. The molecule has 0 aliphatic rings. The summed E-state index contributed by atoms with van der Waals surface area (Å²) in [6.45, 7) is -2.56. The normalized spacial score (nSPS) is 10.7. The van der Waals surface area contributed by atoms with Gasteiger partial charge in [-0.3, -0.25) is 4.79 Å². The van der Waals surface area contributed by atoms with Crippen LogP contribution >= 0.6 is 22.9 Å². The van der Waals surface area contributed by atoms with Crippen LogP contribution in [-0.2, 0) is 6.61 Å². The molecule has 27 heavy (non-hydrogen) atoms. The maximum atomic E-state index is 12.3. The molecule has 3 aromatic rings. The Bertz CT molecular complexity index is 898. The number of hydrogen-bond acceptors (Lipinski definition) is 4. The number of benzene rings is 2. The number of anilines is 1. The predicted octanol–water partition coefficient (Wildman–Crippen LogP) is 5.83.